The van der Waals surface area contributed by atoms with E-state index in [4.69, 9.17) is 16.7 Å². The zero-order valence-electron chi connectivity index (χ0n) is 13.9. The number of amidine groups is 1. The van der Waals surface area contributed by atoms with Crippen molar-refractivity contribution in [2.24, 2.45) is 10.1 Å². The molecule has 2 aromatic carbocycles. The lowest BCUT2D eigenvalue weighted by molar-refractivity contribution is 0.591. The van der Waals surface area contributed by atoms with Gasteiger partial charge in [-0.2, -0.15) is 0 Å². The third-order valence-corrected chi connectivity index (χ3v) is 7.27. The van der Waals surface area contributed by atoms with Gasteiger partial charge >= 0.3 is 0 Å². The third-order valence-electron chi connectivity index (χ3n) is 3.47. The first kappa shape index (κ1) is 21.7. The molecule has 0 fully saturated rings. The topological polar surface area (TPSA) is 154 Å². The highest BCUT2D eigenvalue weighted by molar-refractivity contribution is 7.99. The molecule has 1 heterocycles. The summed E-state index contributed by atoms with van der Waals surface area (Å²) >= 11 is 7.42. The van der Waals surface area contributed by atoms with Gasteiger partial charge < -0.3 is 6.15 Å². The summed E-state index contributed by atoms with van der Waals surface area (Å²) in [7, 11) is -8.11. The molecule has 2 aromatic rings. The predicted octanol–water partition coefficient (Wildman–Crippen LogP) is 2.40. The van der Waals surface area contributed by atoms with Gasteiger partial charge in [0.05, 0.1) is 16.5 Å². The van der Waals surface area contributed by atoms with Gasteiger partial charge in [-0.05, 0) is 17.7 Å². The molecule has 12 heteroatoms. The van der Waals surface area contributed by atoms with Crippen LogP contribution in [0.5, 0.6) is 0 Å². The highest BCUT2D eigenvalue weighted by atomic mass is 35.5. The number of primary sulfonamides is 1. The highest BCUT2D eigenvalue weighted by Crippen LogP contribution is 2.35. The number of nitrogens with one attached hydrogen (secondary N) is 1. The van der Waals surface area contributed by atoms with Crippen LogP contribution in [0.15, 0.2) is 57.2 Å². The van der Waals surface area contributed by atoms with Gasteiger partial charge in [-0.1, -0.05) is 41.9 Å². The lowest BCUT2D eigenvalue weighted by Crippen LogP contribution is -2.35. The maximum atomic E-state index is 12.4. The number of hydrogen-bond acceptors (Lipinski definition) is 7. The lowest BCUT2D eigenvalue weighted by Gasteiger charge is -2.19. The zero-order valence-corrected chi connectivity index (χ0v) is 17.1. The zero-order chi connectivity index (χ0) is 18.9. The summed E-state index contributed by atoms with van der Waals surface area (Å²) in [6, 6.07) is 11.8. The number of sulfonamides is 2. The molecule has 1 aliphatic heterocycles. The molecule has 0 atom stereocenters. The van der Waals surface area contributed by atoms with Crippen LogP contribution in [0.3, 0.4) is 0 Å². The minimum absolute atomic E-state index is 0. The first-order valence-corrected chi connectivity index (χ1v) is 11.8. The summed E-state index contributed by atoms with van der Waals surface area (Å²) in [5, 5.41) is 4.88. The minimum atomic E-state index is -4.15. The fourth-order valence-electron chi connectivity index (χ4n) is 2.32. The van der Waals surface area contributed by atoms with E-state index in [0.717, 1.165) is 11.6 Å². The Kier molecular flexibility index (Phi) is 6.55. The molecule has 27 heavy (non-hydrogen) atoms. The molecule has 0 aliphatic carbocycles. The molecule has 8 nitrogen and oxygen atoms in total. The van der Waals surface area contributed by atoms with Gasteiger partial charge in [-0.3, -0.25) is 4.72 Å². The normalized spacial score (nSPS) is 15.1. The summed E-state index contributed by atoms with van der Waals surface area (Å²) in [6.45, 7) is 0. The average Bonchev–Trinajstić information content (AvgIpc) is 2.53. The number of benzene rings is 2. The number of halogens is 1. The number of fused-ring (bicyclic) bond motifs is 1. The Labute approximate surface area is 166 Å². The van der Waals surface area contributed by atoms with Gasteiger partial charge in [0.2, 0.25) is 10.0 Å². The maximum absolute atomic E-state index is 12.4. The number of nitrogens with zero attached hydrogens (tertiary/aromatic N) is 1. The molecule has 0 amide bonds. The van der Waals surface area contributed by atoms with E-state index in [1.807, 2.05) is 30.3 Å². The van der Waals surface area contributed by atoms with Crippen LogP contribution in [0, 0.1) is 0 Å². The minimum Gasteiger partial charge on any atom is -0.344 e. The van der Waals surface area contributed by atoms with Crippen molar-refractivity contribution in [1.82, 2.24) is 10.9 Å². The Hall–Kier alpha value is -1.63. The number of rotatable bonds is 5. The Bertz CT molecular complexity index is 1090. The molecule has 0 spiro atoms. The van der Waals surface area contributed by atoms with Crippen molar-refractivity contribution in [2.45, 2.75) is 15.5 Å². The maximum Gasteiger partial charge on any atom is 0.265 e. The molecule has 0 saturated heterocycles. The first-order valence-electron chi connectivity index (χ1n) is 7.25. The van der Waals surface area contributed by atoms with Crippen LogP contribution in [-0.2, 0) is 25.8 Å². The molecule has 3 rings (SSSR count). The highest BCUT2D eigenvalue weighted by Gasteiger charge is 2.28. The largest absolute Gasteiger partial charge is 0.344 e. The van der Waals surface area contributed by atoms with Crippen molar-refractivity contribution in [1.29, 1.82) is 0 Å². The standard InChI is InChI=1S/C15H14ClN3O4S3.H3N/c16-11-6-12-14(7-13(11)25(17,20)21)26(22,23)19-15(18-12)9-24-8-10-4-2-1-3-5-10;/h1-7H,8-9H2,(H,18,19)(H2,17,20,21);1H3. The van der Waals surface area contributed by atoms with Crippen LogP contribution in [0.4, 0.5) is 5.69 Å². The number of aliphatic imine (C=N–C) groups is 1. The molecule has 0 radical (unpaired) electrons. The summed E-state index contributed by atoms with van der Waals surface area (Å²) < 4.78 is 50.3. The summed E-state index contributed by atoms with van der Waals surface area (Å²) in [6.07, 6.45) is 0. The van der Waals surface area contributed by atoms with E-state index < -0.39 is 24.9 Å². The predicted molar refractivity (Wildman–Crippen MR) is 108 cm³/mol. The Morgan fingerprint density at radius 2 is 1.81 bits per heavy atom. The van der Waals surface area contributed by atoms with Gasteiger partial charge in [0.15, 0.2) is 0 Å². The van der Waals surface area contributed by atoms with Crippen LogP contribution in [0.1, 0.15) is 5.56 Å². The first-order chi connectivity index (χ1) is 12.2. The fraction of sp³-hybridized carbons (Fsp3) is 0.133. The van der Waals surface area contributed by atoms with E-state index in [1.54, 1.807) is 0 Å². The molecule has 1 aliphatic rings. The van der Waals surface area contributed by atoms with Crippen LogP contribution in [0.2, 0.25) is 5.02 Å². The molecule has 0 saturated carbocycles. The SMILES string of the molecule is N.NS(=O)(=O)c1cc2c(cc1Cl)N=C(CSCc1ccccc1)NS2(=O)=O. The molecule has 0 bridgehead atoms. The smallest absolute Gasteiger partial charge is 0.265 e. The summed E-state index contributed by atoms with van der Waals surface area (Å²) in [5.41, 5.74) is 1.19. The Morgan fingerprint density at radius 1 is 1.15 bits per heavy atom. The van der Waals surface area contributed by atoms with E-state index in [1.165, 1.54) is 17.8 Å². The van der Waals surface area contributed by atoms with Gasteiger partial charge in [0, 0.05) is 5.75 Å². The molecule has 0 aromatic heterocycles. The van der Waals surface area contributed by atoms with Gasteiger partial charge in [0.25, 0.3) is 10.0 Å². The van der Waals surface area contributed by atoms with E-state index >= 15 is 0 Å². The van der Waals surface area contributed by atoms with Crippen LogP contribution < -0.4 is 16.0 Å². The van der Waals surface area contributed by atoms with E-state index in [-0.39, 0.29) is 27.6 Å². The van der Waals surface area contributed by atoms with Crippen LogP contribution >= 0.6 is 23.4 Å². The second kappa shape index (κ2) is 8.17. The summed E-state index contributed by atoms with van der Waals surface area (Å²) in [5.74, 6) is 1.28. The quantitative estimate of drug-likeness (QED) is 0.638. The van der Waals surface area contributed by atoms with Crippen molar-refractivity contribution in [2.75, 3.05) is 5.75 Å². The van der Waals surface area contributed by atoms with Crippen molar-refractivity contribution in [3.05, 3.63) is 53.1 Å². The number of thioether (sulfide) groups is 1. The second-order valence-corrected chi connectivity index (χ2v) is 10.0. The Balaban J connectivity index is 0.00000261. The third kappa shape index (κ3) is 5.00. The lowest BCUT2D eigenvalue weighted by atomic mass is 10.2. The molecule has 0 unspecified atom stereocenters. The van der Waals surface area contributed by atoms with Crippen molar-refractivity contribution >= 4 is 54.9 Å². The van der Waals surface area contributed by atoms with Crippen molar-refractivity contribution in [3.63, 3.8) is 0 Å². The van der Waals surface area contributed by atoms with Gasteiger partial charge in [-0.15, -0.1) is 11.8 Å². The van der Waals surface area contributed by atoms with E-state index in [9.17, 15) is 16.8 Å². The average molecular weight is 449 g/mol. The number of hydrogen-bond donors (Lipinski definition) is 3. The van der Waals surface area contributed by atoms with Gasteiger partial charge in [0.1, 0.15) is 15.6 Å². The second-order valence-electron chi connectivity index (χ2n) is 5.44. The van der Waals surface area contributed by atoms with Crippen molar-refractivity contribution < 1.29 is 16.8 Å². The summed E-state index contributed by atoms with van der Waals surface area (Å²) in [4.78, 5) is 3.51. The van der Waals surface area contributed by atoms with E-state index in [0.29, 0.717) is 11.5 Å². The molecule has 146 valence electrons. The van der Waals surface area contributed by atoms with Crippen LogP contribution in [0.25, 0.3) is 0 Å². The molecular formula is C15H17ClN4O4S3. The van der Waals surface area contributed by atoms with Crippen molar-refractivity contribution in [3.8, 4) is 0 Å². The van der Waals surface area contributed by atoms with Crippen LogP contribution in [-0.4, -0.2) is 28.4 Å². The fourth-order valence-corrected chi connectivity index (χ4v) is 5.64. The van der Waals surface area contributed by atoms with E-state index in [2.05, 4.69) is 9.71 Å². The Morgan fingerprint density at radius 3 is 2.44 bits per heavy atom. The molecule has 6 N–H and O–H groups in total. The number of nitrogens with two attached hydrogens (primary N) is 1. The van der Waals surface area contributed by atoms with Gasteiger partial charge in [-0.25, -0.2) is 27.0 Å². The monoisotopic (exact) mass is 448 g/mol. The molecular weight excluding hydrogens is 432 g/mol.